The molecular formula is C25H24ClN7. The van der Waals surface area contributed by atoms with Crippen molar-refractivity contribution in [2.45, 2.75) is 37.8 Å². The van der Waals surface area contributed by atoms with Crippen molar-refractivity contribution in [1.82, 2.24) is 14.6 Å². The van der Waals surface area contributed by atoms with Crippen LogP contribution in [0.25, 0.3) is 16.8 Å². The topological polar surface area (TPSA) is 104 Å². The molecule has 2 aromatic carbocycles. The molecule has 33 heavy (non-hydrogen) atoms. The standard InChI is InChI=1S/C25H24ClN7/c26-17-8-6-16(7-9-17)22-23(30-19-4-2-1-3-5-19)25-29-15-21(14-27)33(25)32-24(22)31-20-12-10-18(28)11-13-20/h1-9,15,18,20,30H,10-13,28H2,(H,31,32)/t18-,20-. The van der Waals surface area contributed by atoms with Crippen LogP contribution in [0, 0.1) is 11.3 Å². The van der Waals surface area contributed by atoms with E-state index in [4.69, 9.17) is 22.4 Å². The van der Waals surface area contributed by atoms with E-state index in [0.29, 0.717) is 22.2 Å². The second-order valence-electron chi connectivity index (χ2n) is 8.34. The lowest BCUT2D eigenvalue weighted by Crippen LogP contribution is -2.33. The molecule has 0 saturated heterocycles. The first kappa shape index (κ1) is 21.3. The average molecular weight is 458 g/mol. The number of benzene rings is 2. The van der Waals surface area contributed by atoms with Crippen molar-refractivity contribution in [3.63, 3.8) is 0 Å². The SMILES string of the molecule is N#Cc1cnc2c(Nc3ccccc3)c(-c3ccc(Cl)cc3)c(N[C@H]3CC[C@H](N)CC3)nn12. The fourth-order valence-corrected chi connectivity index (χ4v) is 4.44. The normalized spacial score (nSPS) is 18.1. The molecule has 8 heteroatoms. The number of fused-ring (bicyclic) bond motifs is 1. The summed E-state index contributed by atoms with van der Waals surface area (Å²) in [6, 6.07) is 20.3. The smallest absolute Gasteiger partial charge is 0.179 e. The largest absolute Gasteiger partial charge is 0.365 e. The van der Waals surface area contributed by atoms with Gasteiger partial charge in [0.25, 0.3) is 0 Å². The fraction of sp³-hybridized carbons (Fsp3) is 0.240. The Morgan fingerprint density at radius 1 is 1.03 bits per heavy atom. The minimum absolute atomic E-state index is 0.249. The van der Waals surface area contributed by atoms with Crippen LogP contribution in [0.3, 0.4) is 0 Å². The summed E-state index contributed by atoms with van der Waals surface area (Å²) in [5.74, 6) is 0.693. The van der Waals surface area contributed by atoms with Crippen molar-refractivity contribution in [3.05, 3.63) is 71.5 Å². The number of para-hydroxylation sites is 1. The van der Waals surface area contributed by atoms with Crippen molar-refractivity contribution in [1.29, 1.82) is 5.26 Å². The molecule has 0 unspecified atom stereocenters. The highest BCUT2D eigenvalue weighted by molar-refractivity contribution is 6.30. The third-order valence-corrected chi connectivity index (χ3v) is 6.30. The van der Waals surface area contributed by atoms with Crippen LogP contribution in [0.4, 0.5) is 17.2 Å². The second-order valence-corrected chi connectivity index (χ2v) is 8.78. The Bertz CT molecular complexity index is 1300. The van der Waals surface area contributed by atoms with Gasteiger partial charge in [-0.25, -0.2) is 4.98 Å². The van der Waals surface area contributed by atoms with E-state index < -0.39 is 0 Å². The highest BCUT2D eigenvalue weighted by Gasteiger charge is 2.24. The highest BCUT2D eigenvalue weighted by atomic mass is 35.5. The number of nitriles is 1. The number of halogens is 1. The van der Waals surface area contributed by atoms with Crippen LogP contribution >= 0.6 is 11.6 Å². The van der Waals surface area contributed by atoms with E-state index in [2.05, 4.69) is 21.7 Å². The first-order valence-corrected chi connectivity index (χ1v) is 11.4. The van der Waals surface area contributed by atoms with Gasteiger partial charge < -0.3 is 16.4 Å². The number of aromatic nitrogens is 3. The van der Waals surface area contributed by atoms with Gasteiger partial charge in [0, 0.05) is 22.8 Å². The van der Waals surface area contributed by atoms with Gasteiger partial charge in [-0.05, 0) is 55.5 Å². The molecule has 1 saturated carbocycles. The molecule has 0 atom stereocenters. The minimum Gasteiger partial charge on any atom is -0.365 e. The molecule has 5 rings (SSSR count). The van der Waals surface area contributed by atoms with Gasteiger partial charge in [-0.1, -0.05) is 41.9 Å². The molecule has 0 aliphatic heterocycles. The molecular weight excluding hydrogens is 434 g/mol. The highest BCUT2D eigenvalue weighted by Crippen LogP contribution is 2.39. The molecule has 4 aromatic rings. The summed E-state index contributed by atoms with van der Waals surface area (Å²) in [5, 5.41) is 22.3. The number of nitrogens with two attached hydrogens (primary N) is 1. The van der Waals surface area contributed by atoms with Gasteiger partial charge in [0.2, 0.25) is 0 Å². The number of imidazole rings is 1. The minimum atomic E-state index is 0.249. The monoisotopic (exact) mass is 457 g/mol. The van der Waals surface area contributed by atoms with Gasteiger partial charge >= 0.3 is 0 Å². The number of anilines is 3. The third kappa shape index (κ3) is 4.36. The summed E-state index contributed by atoms with van der Waals surface area (Å²) in [5.41, 5.74) is 10.6. The first-order chi connectivity index (χ1) is 16.1. The van der Waals surface area contributed by atoms with Gasteiger partial charge in [-0.15, -0.1) is 5.10 Å². The van der Waals surface area contributed by atoms with Crippen LogP contribution < -0.4 is 16.4 Å². The summed E-state index contributed by atoms with van der Waals surface area (Å²) in [4.78, 5) is 4.53. The van der Waals surface area contributed by atoms with Gasteiger partial charge in [-0.3, -0.25) is 0 Å². The quantitative estimate of drug-likeness (QED) is 0.373. The first-order valence-electron chi connectivity index (χ1n) is 11.0. The molecule has 166 valence electrons. The van der Waals surface area contributed by atoms with E-state index in [1.807, 2.05) is 54.6 Å². The number of hydrogen-bond donors (Lipinski definition) is 3. The van der Waals surface area contributed by atoms with Crippen molar-refractivity contribution in [2.75, 3.05) is 10.6 Å². The predicted molar refractivity (Wildman–Crippen MR) is 132 cm³/mol. The van der Waals surface area contributed by atoms with Crippen LogP contribution in [-0.4, -0.2) is 26.7 Å². The molecule has 2 heterocycles. The fourth-order valence-electron chi connectivity index (χ4n) is 4.31. The second kappa shape index (κ2) is 9.10. The van der Waals surface area contributed by atoms with Crippen LogP contribution in [0.15, 0.2) is 60.8 Å². The lowest BCUT2D eigenvalue weighted by atomic mass is 9.91. The van der Waals surface area contributed by atoms with E-state index in [9.17, 15) is 5.26 Å². The van der Waals surface area contributed by atoms with E-state index in [0.717, 1.165) is 48.2 Å². The van der Waals surface area contributed by atoms with Crippen LogP contribution in [0.2, 0.25) is 5.02 Å². The molecule has 1 aliphatic rings. The summed E-state index contributed by atoms with van der Waals surface area (Å²) >= 11 is 6.18. The Kier molecular flexibility index (Phi) is 5.86. The molecule has 1 aliphatic carbocycles. The predicted octanol–water partition coefficient (Wildman–Crippen LogP) is 5.35. The summed E-state index contributed by atoms with van der Waals surface area (Å²) in [6.45, 7) is 0. The Hall–Kier alpha value is -3.60. The van der Waals surface area contributed by atoms with E-state index in [-0.39, 0.29) is 12.1 Å². The molecule has 0 bridgehead atoms. The van der Waals surface area contributed by atoms with Gasteiger partial charge in [0.05, 0.1) is 17.4 Å². The van der Waals surface area contributed by atoms with Crippen LogP contribution in [0.1, 0.15) is 31.4 Å². The Morgan fingerprint density at radius 2 is 1.76 bits per heavy atom. The maximum Gasteiger partial charge on any atom is 0.179 e. The number of rotatable bonds is 5. The zero-order valence-corrected chi connectivity index (χ0v) is 18.8. The van der Waals surface area contributed by atoms with E-state index >= 15 is 0 Å². The Balaban J connectivity index is 1.71. The average Bonchev–Trinajstić information content (AvgIpc) is 3.25. The lowest BCUT2D eigenvalue weighted by molar-refractivity contribution is 0.410. The molecule has 0 spiro atoms. The molecule has 2 aromatic heterocycles. The maximum absolute atomic E-state index is 9.64. The van der Waals surface area contributed by atoms with Crippen molar-refractivity contribution >= 4 is 34.4 Å². The molecule has 1 fully saturated rings. The van der Waals surface area contributed by atoms with Crippen molar-refractivity contribution < 1.29 is 0 Å². The third-order valence-electron chi connectivity index (χ3n) is 6.05. The maximum atomic E-state index is 9.64. The number of hydrogen-bond acceptors (Lipinski definition) is 6. The van der Waals surface area contributed by atoms with Crippen LogP contribution in [-0.2, 0) is 0 Å². The van der Waals surface area contributed by atoms with Crippen molar-refractivity contribution in [3.8, 4) is 17.2 Å². The number of nitrogens with one attached hydrogen (secondary N) is 2. The van der Waals surface area contributed by atoms with Crippen LogP contribution in [0.5, 0.6) is 0 Å². The van der Waals surface area contributed by atoms with Gasteiger partial charge in [0.15, 0.2) is 17.2 Å². The zero-order valence-electron chi connectivity index (χ0n) is 18.0. The molecule has 4 N–H and O–H groups in total. The Labute approximate surface area is 197 Å². The van der Waals surface area contributed by atoms with Gasteiger partial charge in [-0.2, -0.15) is 9.78 Å². The lowest BCUT2D eigenvalue weighted by Gasteiger charge is -2.28. The Morgan fingerprint density at radius 3 is 2.45 bits per heavy atom. The van der Waals surface area contributed by atoms with Gasteiger partial charge in [0.1, 0.15) is 6.07 Å². The molecule has 0 amide bonds. The van der Waals surface area contributed by atoms with Crippen molar-refractivity contribution in [2.24, 2.45) is 5.73 Å². The molecule has 0 radical (unpaired) electrons. The molecule has 7 nitrogen and oxygen atoms in total. The van der Waals surface area contributed by atoms with E-state index in [1.165, 1.54) is 0 Å². The summed E-state index contributed by atoms with van der Waals surface area (Å²) < 4.78 is 1.60. The summed E-state index contributed by atoms with van der Waals surface area (Å²) in [7, 11) is 0. The zero-order chi connectivity index (χ0) is 22.8. The number of nitrogens with zero attached hydrogens (tertiary/aromatic N) is 4. The summed E-state index contributed by atoms with van der Waals surface area (Å²) in [6.07, 6.45) is 5.43. The van der Waals surface area contributed by atoms with E-state index in [1.54, 1.807) is 10.7 Å².